The van der Waals surface area contributed by atoms with Gasteiger partial charge in [-0.25, -0.2) is 8.42 Å². The molecule has 0 bridgehead atoms. The molecule has 9 nitrogen and oxygen atoms in total. The number of para-hydroxylation sites is 1. The third-order valence-corrected chi connectivity index (χ3v) is 8.29. The van der Waals surface area contributed by atoms with Gasteiger partial charge >= 0.3 is 0 Å². The van der Waals surface area contributed by atoms with Gasteiger partial charge in [0.05, 0.1) is 15.8 Å². The first-order chi connectivity index (χ1) is 17.2. The van der Waals surface area contributed by atoms with Crippen LogP contribution < -0.4 is 19.7 Å². The zero-order valence-electron chi connectivity index (χ0n) is 19.3. The Labute approximate surface area is 207 Å². The number of hydrogen-bond acceptors (Lipinski definition) is 7. The smallest absolute Gasteiger partial charge is 0.244 e. The normalized spacial score (nSPS) is 17.8. The first kappa shape index (κ1) is 23.6. The highest BCUT2D eigenvalue weighted by Gasteiger charge is 2.40. The largest absolute Gasteiger partial charge is 0.454 e. The van der Waals surface area contributed by atoms with Gasteiger partial charge in [0.15, 0.2) is 27.1 Å². The summed E-state index contributed by atoms with van der Waals surface area (Å²) in [5, 5.41) is 1.54. The fourth-order valence-corrected chi connectivity index (χ4v) is 6.21. The molecule has 0 saturated heterocycles. The average molecular weight is 507 g/mol. The van der Waals surface area contributed by atoms with Gasteiger partial charge in [-0.3, -0.25) is 14.4 Å². The van der Waals surface area contributed by atoms with Crippen molar-refractivity contribution in [3.8, 4) is 11.5 Å². The highest BCUT2D eigenvalue weighted by molar-refractivity contribution is 7.92. The van der Waals surface area contributed by atoms with E-state index in [1.54, 1.807) is 54.6 Å². The zero-order valence-corrected chi connectivity index (χ0v) is 20.1. The number of anilines is 2. The molecule has 2 heterocycles. The van der Waals surface area contributed by atoms with E-state index in [4.69, 9.17) is 9.47 Å². The van der Waals surface area contributed by atoms with Gasteiger partial charge in [0.25, 0.3) is 0 Å². The predicted molar refractivity (Wildman–Crippen MR) is 131 cm³/mol. The van der Waals surface area contributed by atoms with Crippen LogP contribution in [0.3, 0.4) is 0 Å². The molecular formula is C26H22N2O7S. The van der Waals surface area contributed by atoms with Crippen molar-refractivity contribution in [3.05, 3.63) is 77.9 Å². The number of ketones is 1. The fourth-order valence-electron chi connectivity index (χ4n) is 4.30. The monoisotopic (exact) mass is 506 g/mol. The summed E-state index contributed by atoms with van der Waals surface area (Å²) >= 11 is 0. The lowest BCUT2D eigenvalue weighted by Gasteiger charge is -2.22. The van der Waals surface area contributed by atoms with Crippen LogP contribution in [0.2, 0.25) is 0 Å². The number of rotatable bonds is 5. The number of fused-ring (bicyclic) bond motifs is 2. The quantitative estimate of drug-likeness (QED) is 0.526. The standard InChI is InChI=1S/C26H22N2O7S/c1-16(29)17-6-9-19(10-7-17)27-25(30)14-28-20-4-2-3-5-23(20)36(32,33)24(13-26(28)31)18-8-11-21-22(12-18)35-15-34-21/h2-12,24H,13-15H2,1H3,(H,27,30). The Bertz CT molecular complexity index is 1480. The number of nitrogens with one attached hydrogen (secondary N) is 1. The van der Waals surface area contributed by atoms with Gasteiger partial charge in [0.2, 0.25) is 18.6 Å². The van der Waals surface area contributed by atoms with Gasteiger partial charge in [0, 0.05) is 17.7 Å². The van der Waals surface area contributed by atoms with Gasteiger partial charge in [-0.1, -0.05) is 18.2 Å². The van der Waals surface area contributed by atoms with Crippen LogP contribution in [0.15, 0.2) is 71.6 Å². The lowest BCUT2D eigenvalue weighted by atomic mass is 10.1. The first-order valence-corrected chi connectivity index (χ1v) is 12.7. The van der Waals surface area contributed by atoms with Crippen LogP contribution in [0, 0.1) is 0 Å². The zero-order chi connectivity index (χ0) is 25.4. The van der Waals surface area contributed by atoms with E-state index in [1.165, 1.54) is 24.0 Å². The fraction of sp³-hybridized carbons (Fsp3) is 0.192. The van der Waals surface area contributed by atoms with Crippen molar-refractivity contribution < 1.29 is 32.3 Å². The second-order valence-corrected chi connectivity index (χ2v) is 10.6. The maximum Gasteiger partial charge on any atom is 0.244 e. The third kappa shape index (κ3) is 4.31. The van der Waals surface area contributed by atoms with Crippen molar-refractivity contribution in [2.24, 2.45) is 0 Å². The van der Waals surface area contributed by atoms with Gasteiger partial charge in [-0.2, -0.15) is 0 Å². The van der Waals surface area contributed by atoms with E-state index in [2.05, 4.69) is 5.32 Å². The molecule has 2 amide bonds. The highest BCUT2D eigenvalue weighted by Crippen LogP contribution is 2.43. The van der Waals surface area contributed by atoms with Crippen LogP contribution >= 0.6 is 0 Å². The summed E-state index contributed by atoms with van der Waals surface area (Å²) in [5.74, 6) is -0.190. The summed E-state index contributed by atoms with van der Waals surface area (Å²) in [4.78, 5) is 38.9. The summed E-state index contributed by atoms with van der Waals surface area (Å²) in [6, 6.07) is 17.3. The summed E-state index contributed by atoms with van der Waals surface area (Å²) < 4.78 is 38.1. The van der Waals surface area contributed by atoms with Crippen LogP contribution in [0.25, 0.3) is 0 Å². The molecule has 0 aliphatic carbocycles. The van der Waals surface area contributed by atoms with E-state index in [-0.39, 0.29) is 36.1 Å². The molecule has 0 aromatic heterocycles. The SMILES string of the molecule is CC(=O)c1ccc(NC(=O)CN2C(=O)CC(c3ccc4c(c3)OCO4)S(=O)(=O)c3ccccc32)cc1. The molecule has 5 rings (SSSR count). The number of sulfone groups is 1. The number of nitrogens with zero attached hydrogens (tertiary/aromatic N) is 1. The summed E-state index contributed by atoms with van der Waals surface area (Å²) in [6.45, 7) is 1.10. The first-order valence-electron chi connectivity index (χ1n) is 11.2. The van der Waals surface area contributed by atoms with Crippen molar-refractivity contribution in [1.29, 1.82) is 0 Å². The van der Waals surface area contributed by atoms with E-state index in [9.17, 15) is 22.8 Å². The highest BCUT2D eigenvalue weighted by atomic mass is 32.2. The molecule has 36 heavy (non-hydrogen) atoms. The van der Waals surface area contributed by atoms with Gasteiger partial charge < -0.3 is 19.7 Å². The molecule has 3 aromatic carbocycles. The minimum atomic E-state index is -3.99. The summed E-state index contributed by atoms with van der Waals surface area (Å²) in [5.41, 5.74) is 1.50. The molecule has 1 N–H and O–H groups in total. The molecular weight excluding hydrogens is 484 g/mol. The van der Waals surface area contributed by atoms with Crippen LogP contribution in [-0.4, -0.2) is 39.4 Å². The Morgan fingerprint density at radius 1 is 1.00 bits per heavy atom. The minimum absolute atomic E-state index is 0.0304. The number of hydrogen-bond donors (Lipinski definition) is 1. The topological polar surface area (TPSA) is 119 Å². The van der Waals surface area contributed by atoms with Crippen LogP contribution in [0.5, 0.6) is 11.5 Å². The molecule has 0 radical (unpaired) electrons. The Kier molecular flexibility index (Phi) is 5.97. The molecule has 184 valence electrons. The van der Waals surface area contributed by atoms with Gasteiger partial charge in [-0.15, -0.1) is 0 Å². The molecule has 0 spiro atoms. The van der Waals surface area contributed by atoms with Crippen molar-refractivity contribution in [2.45, 2.75) is 23.5 Å². The predicted octanol–water partition coefficient (Wildman–Crippen LogP) is 3.51. The maximum atomic E-state index is 13.7. The number of benzene rings is 3. The van der Waals surface area contributed by atoms with E-state index in [0.29, 0.717) is 28.3 Å². The van der Waals surface area contributed by atoms with Gasteiger partial charge in [-0.05, 0) is 61.0 Å². The van der Waals surface area contributed by atoms with E-state index >= 15 is 0 Å². The molecule has 3 aromatic rings. The Morgan fingerprint density at radius 2 is 1.72 bits per heavy atom. The number of amides is 2. The Hall–Kier alpha value is -4.18. The van der Waals surface area contributed by atoms with Crippen LogP contribution in [0.1, 0.15) is 34.5 Å². The van der Waals surface area contributed by atoms with Crippen molar-refractivity contribution in [2.75, 3.05) is 23.6 Å². The van der Waals surface area contributed by atoms with Crippen LogP contribution in [-0.2, 0) is 19.4 Å². The molecule has 0 fully saturated rings. The van der Waals surface area contributed by atoms with Crippen molar-refractivity contribution in [1.82, 2.24) is 0 Å². The number of carbonyl (C=O) groups excluding carboxylic acids is 3. The molecule has 0 saturated carbocycles. The molecule has 1 unspecified atom stereocenters. The summed E-state index contributed by atoms with van der Waals surface area (Å²) in [6.07, 6.45) is -0.350. The van der Waals surface area contributed by atoms with Crippen LogP contribution in [0.4, 0.5) is 11.4 Å². The molecule has 2 aliphatic rings. The van der Waals surface area contributed by atoms with E-state index < -0.39 is 26.9 Å². The minimum Gasteiger partial charge on any atom is -0.454 e. The third-order valence-electron chi connectivity index (χ3n) is 6.14. The molecule has 2 aliphatic heterocycles. The molecule has 1 atom stereocenters. The van der Waals surface area contributed by atoms with Crippen molar-refractivity contribution >= 4 is 38.8 Å². The van der Waals surface area contributed by atoms with Gasteiger partial charge in [0.1, 0.15) is 6.54 Å². The van der Waals surface area contributed by atoms with E-state index in [0.717, 1.165) is 0 Å². The number of Topliss-reactive ketones (excluding diaryl/α,β-unsaturated/α-hetero) is 1. The summed E-state index contributed by atoms with van der Waals surface area (Å²) in [7, 11) is -3.99. The lowest BCUT2D eigenvalue weighted by Crippen LogP contribution is -2.38. The van der Waals surface area contributed by atoms with Crippen molar-refractivity contribution in [3.63, 3.8) is 0 Å². The Balaban J connectivity index is 1.45. The molecule has 10 heteroatoms. The average Bonchev–Trinajstić information content (AvgIpc) is 3.31. The second kappa shape index (κ2) is 9.12. The lowest BCUT2D eigenvalue weighted by molar-refractivity contribution is -0.121. The maximum absolute atomic E-state index is 13.7. The Morgan fingerprint density at radius 3 is 2.47 bits per heavy atom. The number of carbonyl (C=O) groups is 3. The second-order valence-electron chi connectivity index (χ2n) is 8.48. The number of ether oxygens (including phenoxy) is 2. The van der Waals surface area contributed by atoms with E-state index in [1.807, 2.05) is 0 Å².